The minimum atomic E-state index is -0.821. The third-order valence-electron chi connectivity index (χ3n) is 4.07. The SMILES string of the molecule is COc1cc(F)c(Cl)cc1/C=C1\C(=O)N(C(=O)OC(C)(C)C)c2cc(Cl)ccc21. The number of ether oxygens (including phenoxy) is 2. The van der Waals surface area contributed by atoms with Crippen LogP contribution in [0.2, 0.25) is 10.0 Å². The highest BCUT2D eigenvalue weighted by molar-refractivity contribution is 6.42. The molecule has 5 nitrogen and oxygen atoms in total. The van der Waals surface area contributed by atoms with E-state index < -0.39 is 23.4 Å². The van der Waals surface area contributed by atoms with Gasteiger partial charge in [-0.3, -0.25) is 4.79 Å². The zero-order valence-electron chi connectivity index (χ0n) is 16.2. The number of hydrogen-bond donors (Lipinski definition) is 0. The van der Waals surface area contributed by atoms with Crippen molar-refractivity contribution in [2.75, 3.05) is 12.0 Å². The van der Waals surface area contributed by atoms with Crippen LogP contribution in [0.3, 0.4) is 0 Å². The first-order chi connectivity index (χ1) is 13.5. The maximum absolute atomic E-state index is 13.8. The third kappa shape index (κ3) is 4.23. The lowest BCUT2D eigenvalue weighted by molar-refractivity contribution is -0.112. The van der Waals surface area contributed by atoms with Crippen LogP contribution in [-0.2, 0) is 9.53 Å². The van der Waals surface area contributed by atoms with Crippen molar-refractivity contribution in [3.8, 4) is 5.75 Å². The van der Waals surface area contributed by atoms with Crippen LogP contribution in [0.4, 0.5) is 14.9 Å². The van der Waals surface area contributed by atoms with E-state index in [1.807, 2.05) is 0 Å². The average molecular weight is 438 g/mol. The van der Waals surface area contributed by atoms with Crippen molar-refractivity contribution in [2.45, 2.75) is 26.4 Å². The molecule has 0 spiro atoms. The Kier molecular flexibility index (Phi) is 5.61. The van der Waals surface area contributed by atoms with Crippen molar-refractivity contribution in [2.24, 2.45) is 0 Å². The molecule has 0 N–H and O–H groups in total. The smallest absolute Gasteiger partial charge is 0.422 e. The van der Waals surface area contributed by atoms with Gasteiger partial charge in [0.15, 0.2) is 0 Å². The number of carbonyl (C=O) groups is 2. The molecule has 0 saturated heterocycles. The van der Waals surface area contributed by atoms with Crippen LogP contribution in [0, 0.1) is 5.82 Å². The molecular weight excluding hydrogens is 420 g/mol. The van der Waals surface area contributed by atoms with Gasteiger partial charge in [0.1, 0.15) is 17.2 Å². The molecule has 0 aromatic heterocycles. The minimum absolute atomic E-state index is 0.122. The molecular formula is C21H18Cl2FNO4. The molecule has 2 aromatic rings. The predicted octanol–water partition coefficient (Wildman–Crippen LogP) is 5.96. The van der Waals surface area contributed by atoms with Crippen molar-refractivity contribution < 1.29 is 23.5 Å². The second-order valence-electron chi connectivity index (χ2n) is 7.35. The Morgan fingerprint density at radius 1 is 1.17 bits per heavy atom. The summed E-state index contributed by atoms with van der Waals surface area (Å²) in [5.41, 5.74) is 0.566. The lowest BCUT2D eigenvalue weighted by atomic mass is 10.0. The van der Waals surface area contributed by atoms with E-state index in [-0.39, 0.29) is 16.3 Å². The average Bonchev–Trinajstić information content (AvgIpc) is 2.87. The molecule has 0 saturated carbocycles. The summed E-state index contributed by atoms with van der Waals surface area (Å²) in [5.74, 6) is -1.05. The highest BCUT2D eigenvalue weighted by atomic mass is 35.5. The van der Waals surface area contributed by atoms with E-state index in [9.17, 15) is 14.0 Å². The lowest BCUT2D eigenvalue weighted by Crippen LogP contribution is -2.38. The van der Waals surface area contributed by atoms with Gasteiger partial charge in [0.05, 0.1) is 23.4 Å². The van der Waals surface area contributed by atoms with Gasteiger partial charge < -0.3 is 9.47 Å². The molecule has 29 heavy (non-hydrogen) atoms. The minimum Gasteiger partial charge on any atom is -0.496 e. The first kappa shape index (κ1) is 21.1. The van der Waals surface area contributed by atoms with Crippen molar-refractivity contribution >= 4 is 52.5 Å². The van der Waals surface area contributed by atoms with Crippen molar-refractivity contribution in [3.05, 3.63) is 57.3 Å². The molecule has 0 radical (unpaired) electrons. The van der Waals surface area contributed by atoms with Gasteiger partial charge >= 0.3 is 6.09 Å². The molecule has 1 aliphatic heterocycles. The molecule has 0 aliphatic carbocycles. The van der Waals surface area contributed by atoms with Gasteiger partial charge in [0.2, 0.25) is 0 Å². The maximum Gasteiger partial charge on any atom is 0.422 e. The Hall–Kier alpha value is -2.57. The van der Waals surface area contributed by atoms with Crippen LogP contribution in [0.25, 0.3) is 11.6 Å². The number of nitrogens with zero attached hydrogens (tertiary/aromatic N) is 1. The van der Waals surface area contributed by atoms with E-state index in [4.69, 9.17) is 32.7 Å². The molecule has 0 atom stereocenters. The Balaban J connectivity index is 2.15. The van der Waals surface area contributed by atoms with Crippen LogP contribution >= 0.6 is 23.2 Å². The highest BCUT2D eigenvalue weighted by Crippen LogP contribution is 2.41. The van der Waals surface area contributed by atoms with Crippen molar-refractivity contribution in [1.82, 2.24) is 0 Å². The largest absolute Gasteiger partial charge is 0.496 e. The van der Waals surface area contributed by atoms with Gasteiger partial charge in [-0.15, -0.1) is 0 Å². The van der Waals surface area contributed by atoms with Gasteiger partial charge in [0.25, 0.3) is 5.91 Å². The molecule has 1 aliphatic rings. The predicted molar refractivity (Wildman–Crippen MR) is 111 cm³/mol. The number of methoxy groups -OCH3 is 1. The molecule has 152 valence electrons. The topological polar surface area (TPSA) is 55.8 Å². The van der Waals surface area contributed by atoms with Crippen molar-refractivity contribution in [3.63, 3.8) is 0 Å². The zero-order valence-corrected chi connectivity index (χ0v) is 17.7. The summed E-state index contributed by atoms with van der Waals surface area (Å²) in [4.78, 5) is 26.7. The van der Waals surface area contributed by atoms with E-state index in [1.54, 1.807) is 32.9 Å². The number of fused-ring (bicyclic) bond motifs is 1. The number of halogens is 3. The van der Waals surface area contributed by atoms with Crippen LogP contribution in [0.5, 0.6) is 5.75 Å². The Morgan fingerprint density at radius 3 is 2.48 bits per heavy atom. The summed E-state index contributed by atoms with van der Waals surface area (Å²) in [6.07, 6.45) is 0.669. The fourth-order valence-corrected chi connectivity index (χ4v) is 3.22. The summed E-state index contributed by atoms with van der Waals surface area (Å²) < 4.78 is 24.3. The highest BCUT2D eigenvalue weighted by Gasteiger charge is 2.39. The third-order valence-corrected chi connectivity index (χ3v) is 4.60. The fourth-order valence-electron chi connectivity index (χ4n) is 2.88. The standard InChI is InChI=1S/C21H18Cl2FNO4/c1-21(2,3)29-20(27)25-17-9-12(22)5-6-13(17)14(19(25)26)7-11-8-15(23)16(24)10-18(11)28-4/h5-10H,1-4H3/b14-7-. The molecule has 1 heterocycles. The zero-order chi connectivity index (χ0) is 21.5. The number of amides is 2. The van der Waals surface area contributed by atoms with E-state index in [0.717, 1.165) is 11.0 Å². The van der Waals surface area contributed by atoms with Gasteiger partial charge in [0, 0.05) is 22.2 Å². The van der Waals surface area contributed by atoms with Crippen LogP contribution in [0.15, 0.2) is 30.3 Å². The van der Waals surface area contributed by atoms with Crippen molar-refractivity contribution in [1.29, 1.82) is 0 Å². The Morgan fingerprint density at radius 2 is 1.86 bits per heavy atom. The van der Waals surface area contributed by atoms with Crippen LogP contribution < -0.4 is 9.64 Å². The number of hydrogen-bond acceptors (Lipinski definition) is 4. The lowest BCUT2D eigenvalue weighted by Gasteiger charge is -2.23. The Labute approximate surface area is 177 Å². The molecule has 0 unspecified atom stereocenters. The van der Waals surface area contributed by atoms with Gasteiger partial charge in [-0.05, 0) is 45.0 Å². The monoisotopic (exact) mass is 437 g/mol. The van der Waals surface area contributed by atoms with E-state index >= 15 is 0 Å². The summed E-state index contributed by atoms with van der Waals surface area (Å²) in [7, 11) is 1.38. The van der Waals surface area contributed by atoms with E-state index in [0.29, 0.717) is 21.8 Å². The normalized spacial score (nSPS) is 14.9. The first-order valence-electron chi connectivity index (χ1n) is 8.64. The first-order valence-corrected chi connectivity index (χ1v) is 9.39. The second-order valence-corrected chi connectivity index (χ2v) is 8.19. The number of rotatable bonds is 2. The number of imide groups is 1. The molecule has 0 bridgehead atoms. The molecule has 0 fully saturated rings. The number of carbonyl (C=O) groups excluding carboxylic acids is 2. The number of anilines is 1. The number of benzene rings is 2. The molecule has 3 rings (SSSR count). The summed E-state index contributed by atoms with van der Waals surface area (Å²) in [6.45, 7) is 5.10. The van der Waals surface area contributed by atoms with Gasteiger partial charge in [-0.2, -0.15) is 0 Å². The molecule has 8 heteroatoms. The molecule has 2 aromatic carbocycles. The van der Waals surface area contributed by atoms with Crippen LogP contribution in [-0.4, -0.2) is 24.7 Å². The van der Waals surface area contributed by atoms with E-state index in [2.05, 4.69) is 0 Å². The fraction of sp³-hybridized carbons (Fsp3) is 0.238. The van der Waals surface area contributed by atoms with Crippen LogP contribution in [0.1, 0.15) is 31.9 Å². The van der Waals surface area contributed by atoms with Gasteiger partial charge in [-0.25, -0.2) is 14.1 Å². The molecule has 2 amide bonds. The summed E-state index contributed by atoms with van der Waals surface area (Å²) in [5, 5.41) is 0.234. The summed E-state index contributed by atoms with van der Waals surface area (Å²) in [6, 6.07) is 7.22. The quantitative estimate of drug-likeness (QED) is 0.543. The van der Waals surface area contributed by atoms with E-state index in [1.165, 1.54) is 25.3 Å². The Bertz CT molecular complexity index is 1040. The second kappa shape index (κ2) is 7.69. The summed E-state index contributed by atoms with van der Waals surface area (Å²) >= 11 is 12.0. The van der Waals surface area contributed by atoms with Gasteiger partial charge in [-0.1, -0.05) is 29.3 Å². The maximum atomic E-state index is 13.8.